The maximum atomic E-state index is 12.1. The maximum Gasteiger partial charge on any atom is 0.348 e. The second-order valence-electron chi connectivity index (χ2n) is 7.90. The number of nitrogens with zero attached hydrogens (tertiary/aromatic N) is 3. The first kappa shape index (κ1) is 19.6. The Morgan fingerprint density at radius 3 is 2.39 bits per heavy atom. The molecule has 1 aliphatic carbocycles. The number of methoxy groups -OCH3 is 1. The van der Waals surface area contributed by atoms with E-state index in [1.165, 1.54) is 50.6 Å². The standard InChI is InChI=1S/C21H29N3O3S/c1-13-17-19(22-14(2)23-20(17)28-18(13)21(25)26-3)24-11-9-16(10-12-24)27-15-7-5-4-6-8-15/h15-16H,4-12H2,1-3H3. The summed E-state index contributed by atoms with van der Waals surface area (Å²) in [5.41, 5.74) is 0.919. The number of rotatable bonds is 4. The number of ether oxygens (including phenoxy) is 2. The van der Waals surface area contributed by atoms with Gasteiger partial charge in [0.15, 0.2) is 0 Å². The number of aromatic nitrogens is 2. The van der Waals surface area contributed by atoms with E-state index in [0.717, 1.165) is 53.4 Å². The topological polar surface area (TPSA) is 64.5 Å². The van der Waals surface area contributed by atoms with E-state index in [1.54, 1.807) is 0 Å². The lowest BCUT2D eigenvalue weighted by atomic mass is 9.97. The zero-order valence-electron chi connectivity index (χ0n) is 17.0. The number of anilines is 1. The summed E-state index contributed by atoms with van der Waals surface area (Å²) in [5, 5.41) is 0.989. The van der Waals surface area contributed by atoms with E-state index in [0.29, 0.717) is 17.1 Å². The van der Waals surface area contributed by atoms with E-state index < -0.39 is 0 Å². The highest BCUT2D eigenvalue weighted by atomic mass is 32.1. The minimum Gasteiger partial charge on any atom is -0.465 e. The first-order valence-electron chi connectivity index (χ1n) is 10.3. The summed E-state index contributed by atoms with van der Waals surface area (Å²) in [6.07, 6.45) is 9.26. The molecule has 4 rings (SSSR count). The van der Waals surface area contributed by atoms with Gasteiger partial charge in [0.1, 0.15) is 21.3 Å². The van der Waals surface area contributed by atoms with Crippen LogP contribution < -0.4 is 4.90 Å². The quantitative estimate of drug-likeness (QED) is 0.705. The molecule has 0 amide bonds. The largest absolute Gasteiger partial charge is 0.465 e. The highest BCUT2D eigenvalue weighted by molar-refractivity contribution is 7.20. The average molecular weight is 404 g/mol. The number of hydrogen-bond acceptors (Lipinski definition) is 7. The van der Waals surface area contributed by atoms with Gasteiger partial charge in [0.25, 0.3) is 0 Å². The lowest BCUT2D eigenvalue weighted by molar-refractivity contribution is -0.0395. The second-order valence-corrected chi connectivity index (χ2v) is 8.90. The van der Waals surface area contributed by atoms with Crippen molar-refractivity contribution in [3.8, 4) is 0 Å². The summed E-state index contributed by atoms with van der Waals surface area (Å²) in [5.74, 6) is 1.38. The molecular formula is C21H29N3O3S. The van der Waals surface area contributed by atoms with Crippen LogP contribution in [0.1, 0.15) is 66.0 Å². The summed E-state index contributed by atoms with van der Waals surface area (Å²) in [6, 6.07) is 0. The molecule has 1 saturated carbocycles. The Morgan fingerprint density at radius 2 is 1.71 bits per heavy atom. The molecule has 2 fully saturated rings. The van der Waals surface area contributed by atoms with Gasteiger partial charge in [0.05, 0.1) is 24.7 Å². The molecule has 1 aliphatic heterocycles. The van der Waals surface area contributed by atoms with Crippen molar-refractivity contribution in [1.82, 2.24) is 9.97 Å². The summed E-state index contributed by atoms with van der Waals surface area (Å²) in [4.78, 5) is 25.3. The summed E-state index contributed by atoms with van der Waals surface area (Å²) >= 11 is 1.40. The molecule has 2 aromatic heterocycles. The van der Waals surface area contributed by atoms with Crippen LogP contribution in [0.25, 0.3) is 10.2 Å². The van der Waals surface area contributed by atoms with Crippen molar-refractivity contribution in [2.24, 2.45) is 0 Å². The number of hydrogen-bond donors (Lipinski definition) is 0. The van der Waals surface area contributed by atoms with Crippen LogP contribution in [0.3, 0.4) is 0 Å². The van der Waals surface area contributed by atoms with Crippen LogP contribution in [-0.2, 0) is 9.47 Å². The minimum atomic E-state index is -0.302. The number of carbonyl (C=O) groups excluding carboxylic acids is 1. The van der Waals surface area contributed by atoms with E-state index in [-0.39, 0.29) is 5.97 Å². The van der Waals surface area contributed by atoms with Crippen LogP contribution in [0, 0.1) is 13.8 Å². The SMILES string of the molecule is COC(=O)c1sc2nc(C)nc(N3CCC(OC4CCCCC4)CC3)c2c1C. The highest BCUT2D eigenvalue weighted by Gasteiger charge is 2.28. The van der Waals surface area contributed by atoms with E-state index in [2.05, 4.69) is 9.88 Å². The van der Waals surface area contributed by atoms with Crippen molar-refractivity contribution in [3.63, 3.8) is 0 Å². The third-order valence-corrected chi connectivity index (χ3v) is 7.10. The van der Waals surface area contributed by atoms with Gasteiger partial charge in [0, 0.05) is 13.1 Å². The molecule has 0 aromatic carbocycles. The molecule has 28 heavy (non-hydrogen) atoms. The number of thiophene rings is 1. The zero-order valence-corrected chi connectivity index (χ0v) is 17.8. The predicted octanol–water partition coefficient (Wildman–Crippen LogP) is 4.41. The van der Waals surface area contributed by atoms with Crippen LogP contribution in [0.15, 0.2) is 0 Å². The third kappa shape index (κ3) is 3.87. The van der Waals surface area contributed by atoms with Gasteiger partial charge in [-0.05, 0) is 45.1 Å². The minimum absolute atomic E-state index is 0.302. The second kappa shape index (κ2) is 8.33. The van der Waals surface area contributed by atoms with Gasteiger partial charge in [-0.15, -0.1) is 11.3 Å². The Labute approximate surface area is 170 Å². The van der Waals surface area contributed by atoms with Crippen LogP contribution in [0.4, 0.5) is 5.82 Å². The van der Waals surface area contributed by atoms with Crippen molar-refractivity contribution >= 4 is 33.3 Å². The van der Waals surface area contributed by atoms with Crippen molar-refractivity contribution < 1.29 is 14.3 Å². The first-order chi connectivity index (χ1) is 13.6. The fourth-order valence-electron chi connectivity index (χ4n) is 4.41. The number of piperidine rings is 1. The Bertz CT molecular complexity index is 852. The van der Waals surface area contributed by atoms with Gasteiger partial charge >= 0.3 is 5.97 Å². The van der Waals surface area contributed by atoms with Gasteiger partial charge in [0.2, 0.25) is 0 Å². The zero-order chi connectivity index (χ0) is 19.7. The normalized spacial score (nSPS) is 19.3. The lowest BCUT2D eigenvalue weighted by Gasteiger charge is -2.35. The first-order valence-corrected chi connectivity index (χ1v) is 11.1. The van der Waals surface area contributed by atoms with Crippen LogP contribution >= 0.6 is 11.3 Å². The van der Waals surface area contributed by atoms with E-state index in [4.69, 9.17) is 14.5 Å². The molecule has 7 heteroatoms. The average Bonchev–Trinajstić information content (AvgIpc) is 3.04. The van der Waals surface area contributed by atoms with Crippen molar-refractivity contribution in [3.05, 3.63) is 16.3 Å². The number of aryl methyl sites for hydroxylation is 2. The summed E-state index contributed by atoms with van der Waals surface area (Å²) in [7, 11) is 1.42. The molecule has 2 aliphatic rings. The highest BCUT2D eigenvalue weighted by Crippen LogP contribution is 2.37. The van der Waals surface area contributed by atoms with Crippen molar-refractivity contribution in [2.45, 2.75) is 71.0 Å². The Kier molecular flexibility index (Phi) is 5.83. The van der Waals surface area contributed by atoms with E-state index in [1.807, 2.05) is 13.8 Å². The molecule has 1 saturated heterocycles. The van der Waals surface area contributed by atoms with Gasteiger partial charge < -0.3 is 14.4 Å². The maximum absolute atomic E-state index is 12.1. The van der Waals surface area contributed by atoms with Gasteiger partial charge in [-0.2, -0.15) is 0 Å². The van der Waals surface area contributed by atoms with Crippen molar-refractivity contribution in [2.75, 3.05) is 25.1 Å². The fraction of sp³-hybridized carbons (Fsp3) is 0.667. The number of esters is 1. The van der Waals surface area contributed by atoms with Crippen LogP contribution in [0.2, 0.25) is 0 Å². The molecule has 2 aromatic rings. The van der Waals surface area contributed by atoms with Crippen LogP contribution in [0.5, 0.6) is 0 Å². The smallest absolute Gasteiger partial charge is 0.348 e. The Balaban J connectivity index is 1.53. The molecule has 0 spiro atoms. The van der Waals surface area contributed by atoms with Crippen LogP contribution in [-0.4, -0.2) is 48.3 Å². The molecule has 3 heterocycles. The lowest BCUT2D eigenvalue weighted by Crippen LogP contribution is -2.39. The molecule has 6 nitrogen and oxygen atoms in total. The molecule has 0 radical (unpaired) electrons. The number of fused-ring (bicyclic) bond motifs is 1. The molecule has 0 N–H and O–H groups in total. The Hall–Kier alpha value is -1.73. The molecule has 0 atom stereocenters. The predicted molar refractivity (Wildman–Crippen MR) is 111 cm³/mol. The molecule has 152 valence electrons. The third-order valence-electron chi connectivity index (χ3n) is 5.93. The van der Waals surface area contributed by atoms with Crippen molar-refractivity contribution in [1.29, 1.82) is 0 Å². The van der Waals surface area contributed by atoms with Gasteiger partial charge in [-0.1, -0.05) is 19.3 Å². The Morgan fingerprint density at radius 1 is 1.04 bits per heavy atom. The monoisotopic (exact) mass is 403 g/mol. The van der Waals surface area contributed by atoms with E-state index >= 15 is 0 Å². The van der Waals surface area contributed by atoms with Gasteiger partial charge in [-0.25, -0.2) is 14.8 Å². The molecule has 0 unspecified atom stereocenters. The molecular weight excluding hydrogens is 374 g/mol. The number of carbonyl (C=O) groups is 1. The van der Waals surface area contributed by atoms with E-state index in [9.17, 15) is 4.79 Å². The summed E-state index contributed by atoms with van der Waals surface area (Å²) < 4.78 is 11.3. The molecule has 0 bridgehead atoms. The van der Waals surface area contributed by atoms with Gasteiger partial charge in [-0.3, -0.25) is 0 Å². The fourth-order valence-corrected chi connectivity index (χ4v) is 5.55. The summed E-state index contributed by atoms with van der Waals surface area (Å²) in [6.45, 7) is 5.72.